The zero-order chi connectivity index (χ0) is 25.8. The topological polar surface area (TPSA) is 100 Å². The molecule has 5 rings (SSSR count). The number of aromatic amines is 1. The largest absolute Gasteiger partial charge is 0.466 e. The van der Waals surface area contributed by atoms with E-state index in [1.54, 1.807) is 0 Å². The summed E-state index contributed by atoms with van der Waals surface area (Å²) in [6.45, 7) is 4.40. The summed E-state index contributed by atoms with van der Waals surface area (Å²) in [6.07, 6.45) is 2.08. The number of amides is 1. The number of nitrogens with two attached hydrogens (primary N) is 1. The molecule has 0 aliphatic carbocycles. The van der Waals surface area contributed by atoms with Gasteiger partial charge in [-0.15, -0.1) is 0 Å². The van der Waals surface area contributed by atoms with Gasteiger partial charge in [-0.05, 0) is 79.9 Å². The van der Waals surface area contributed by atoms with Crippen molar-refractivity contribution in [2.24, 2.45) is 11.7 Å². The number of H-pyrrole nitrogens is 1. The van der Waals surface area contributed by atoms with E-state index in [1.807, 2.05) is 6.92 Å². The Balaban J connectivity index is 1.34. The zero-order valence-corrected chi connectivity index (χ0v) is 21.3. The van der Waals surface area contributed by atoms with Crippen LogP contribution in [0.4, 0.5) is 5.82 Å². The maximum absolute atomic E-state index is 13.0. The molecule has 1 saturated heterocycles. The van der Waals surface area contributed by atoms with Crippen molar-refractivity contribution in [3.8, 4) is 11.1 Å². The minimum atomic E-state index is -0.126. The summed E-state index contributed by atoms with van der Waals surface area (Å²) in [7, 11) is 0. The third-order valence-electron chi connectivity index (χ3n) is 7.24. The molecule has 7 nitrogen and oxygen atoms in total. The van der Waals surface area contributed by atoms with Gasteiger partial charge < -0.3 is 20.8 Å². The molecule has 0 spiro atoms. The van der Waals surface area contributed by atoms with Gasteiger partial charge in [-0.3, -0.25) is 14.5 Å². The summed E-state index contributed by atoms with van der Waals surface area (Å²) in [6, 6.07) is 21.1. The summed E-state index contributed by atoms with van der Waals surface area (Å²) in [5, 5.41) is 6.58. The van der Waals surface area contributed by atoms with Gasteiger partial charge in [-0.1, -0.05) is 48.5 Å². The molecule has 4 aromatic rings. The van der Waals surface area contributed by atoms with Crippen molar-refractivity contribution in [1.29, 1.82) is 0 Å². The molecule has 1 fully saturated rings. The van der Waals surface area contributed by atoms with Crippen molar-refractivity contribution >= 4 is 39.4 Å². The fourth-order valence-electron chi connectivity index (χ4n) is 5.37. The summed E-state index contributed by atoms with van der Waals surface area (Å²) in [5.41, 5.74) is 10.3. The Bertz CT molecular complexity index is 1410. The second-order valence-corrected chi connectivity index (χ2v) is 9.65. The fourth-order valence-corrected chi connectivity index (χ4v) is 5.37. The molecule has 37 heavy (non-hydrogen) atoms. The molecule has 192 valence electrons. The number of hydrogen-bond acceptors (Lipinski definition) is 5. The minimum absolute atomic E-state index is 0.0694. The molecule has 0 atom stereocenters. The number of carbonyl (C=O) groups excluding carboxylic acids is 2. The Morgan fingerprint density at radius 1 is 1.05 bits per heavy atom. The summed E-state index contributed by atoms with van der Waals surface area (Å²) in [4.78, 5) is 30.5. The number of ether oxygens (including phenoxy) is 1. The van der Waals surface area contributed by atoms with Gasteiger partial charge in [0.1, 0.15) is 5.82 Å². The van der Waals surface area contributed by atoms with Crippen LogP contribution in [0.3, 0.4) is 0 Å². The Hall–Kier alpha value is -3.68. The molecule has 1 aliphatic heterocycles. The van der Waals surface area contributed by atoms with Crippen molar-refractivity contribution in [3.63, 3.8) is 0 Å². The molecule has 3 aromatic carbocycles. The number of rotatable bonds is 8. The van der Waals surface area contributed by atoms with Gasteiger partial charge >= 0.3 is 5.97 Å². The van der Waals surface area contributed by atoms with Crippen LogP contribution in [0.2, 0.25) is 0 Å². The van der Waals surface area contributed by atoms with Crippen LogP contribution < -0.4 is 11.1 Å². The molecule has 1 aromatic heterocycles. The SMILES string of the molecule is CCOC(=O)C1CCN(CC(=O)Nc2[nH]c3ccc(-c4cccc5ccccc45)cc3c2CCN)CC1. The van der Waals surface area contributed by atoms with E-state index in [1.165, 1.54) is 16.3 Å². The number of carbonyl (C=O) groups is 2. The Kier molecular flexibility index (Phi) is 7.53. The number of anilines is 1. The zero-order valence-electron chi connectivity index (χ0n) is 21.3. The average Bonchev–Trinajstić information content (AvgIpc) is 3.25. The molecule has 7 heteroatoms. The maximum atomic E-state index is 13.0. The van der Waals surface area contributed by atoms with Crippen molar-refractivity contribution in [2.75, 3.05) is 38.1 Å². The van der Waals surface area contributed by atoms with E-state index < -0.39 is 0 Å². The van der Waals surface area contributed by atoms with Gasteiger partial charge in [0.25, 0.3) is 0 Å². The first-order valence-corrected chi connectivity index (χ1v) is 13.1. The minimum Gasteiger partial charge on any atom is -0.466 e. The number of esters is 1. The van der Waals surface area contributed by atoms with Crippen LogP contribution in [0.5, 0.6) is 0 Å². The predicted molar refractivity (Wildman–Crippen MR) is 148 cm³/mol. The third kappa shape index (κ3) is 5.38. The molecule has 2 heterocycles. The van der Waals surface area contributed by atoms with E-state index in [-0.39, 0.29) is 24.3 Å². The van der Waals surface area contributed by atoms with Crippen molar-refractivity contribution in [2.45, 2.75) is 26.2 Å². The predicted octanol–water partition coefficient (Wildman–Crippen LogP) is 4.70. The van der Waals surface area contributed by atoms with Crippen LogP contribution in [0.25, 0.3) is 32.8 Å². The number of benzene rings is 3. The highest BCUT2D eigenvalue weighted by atomic mass is 16.5. The lowest BCUT2D eigenvalue weighted by Gasteiger charge is -2.30. The van der Waals surface area contributed by atoms with Gasteiger partial charge in [0, 0.05) is 16.5 Å². The first kappa shape index (κ1) is 25.0. The fraction of sp³-hybridized carbons (Fsp3) is 0.333. The highest BCUT2D eigenvalue weighted by molar-refractivity contribution is 6.02. The summed E-state index contributed by atoms with van der Waals surface area (Å²) in [5.74, 6) is 0.439. The Morgan fingerprint density at radius 2 is 1.84 bits per heavy atom. The van der Waals surface area contributed by atoms with Gasteiger partial charge in [0.2, 0.25) is 5.91 Å². The van der Waals surface area contributed by atoms with E-state index in [0.717, 1.165) is 22.0 Å². The normalized spacial score (nSPS) is 14.8. The molecule has 1 amide bonds. The lowest BCUT2D eigenvalue weighted by atomic mass is 9.96. The highest BCUT2D eigenvalue weighted by Crippen LogP contribution is 2.34. The monoisotopic (exact) mass is 498 g/mol. The molecule has 0 unspecified atom stereocenters. The van der Waals surface area contributed by atoms with Gasteiger partial charge in [-0.2, -0.15) is 0 Å². The number of aromatic nitrogens is 1. The van der Waals surface area contributed by atoms with Crippen molar-refractivity contribution < 1.29 is 14.3 Å². The molecule has 0 bridgehead atoms. The molecule has 1 aliphatic rings. The van der Waals surface area contributed by atoms with E-state index in [9.17, 15) is 9.59 Å². The smallest absolute Gasteiger partial charge is 0.309 e. The second kappa shape index (κ2) is 11.2. The van der Waals surface area contributed by atoms with Crippen LogP contribution in [0, 0.1) is 5.92 Å². The number of hydrogen-bond donors (Lipinski definition) is 3. The summed E-state index contributed by atoms with van der Waals surface area (Å²) < 4.78 is 5.15. The number of piperidine rings is 1. The number of nitrogens with one attached hydrogen (secondary N) is 2. The average molecular weight is 499 g/mol. The number of nitrogens with zero attached hydrogens (tertiary/aromatic N) is 1. The van der Waals surface area contributed by atoms with E-state index in [0.29, 0.717) is 51.3 Å². The van der Waals surface area contributed by atoms with Gasteiger partial charge in [0.05, 0.1) is 19.1 Å². The highest BCUT2D eigenvalue weighted by Gasteiger charge is 2.27. The van der Waals surface area contributed by atoms with E-state index >= 15 is 0 Å². The first-order valence-electron chi connectivity index (χ1n) is 13.1. The first-order chi connectivity index (χ1) is 18.1. The lowest BCUT2D eigenvalue weighted by Crippen LogP contribution is -2.41. The van der Waals surface area contributed by atoms with Crippen molar-refractivity contribution in [1.82, 2.24) is 9.88 Å². The standard InChI is InChI=1S/C30H34N4O3/c1-2-37-30(36)21-13-16-34(17-14-21)19-28(35)33-29-25(12-15-31)26-18-22(10-11-27(26)32-29)24-9-5-7-20-6-3-4-8-23(20)24/h3-11,18,21,32H,2,12-17,19,31H2,1H3,(H,33,35). The molecule has 0 radical (unpaired) electrons. The Labute approximate surface area is 217 Å². The second-order valence-electron chi connectivity index (χ2n) is 9.65. The molecular weight excluding hydrogens is 464 g/mol. The van der Waals surface area contributed by atoms with E-state index in [4.69, 9.17) is 10.5 Å². The molecule has 0 saturated carbocycles. The van der Waals surface area contributed by atoms with Crippen LogP contribution in [-0.4, -0.2) is 54.5 Å². The number of fused-ring (bicyclic) bond motifs is 2. The van der Waals surface area contributed by atoms with Crippen LogP contribution >= 0.6 is 0 Å². The quantitative estimate of drug-likeness (QED) is 0.306. The van der Waals surface area contributed by atoms with Crippen LogP contribution in [-0.2, 0) is 20.7 Å². The maximum Gasteiger partial charge on any atom is 0.309 e. The van der Waals surface area contributed by atoms with Crippen LogP contribution in [0.1, 0.15) is 25.3 Å². The lowest BCUT2D eigenvalue weighted by molar-refractivity contribution is -0.149. The van der Waals surface area contributed by atoms with Gasteiger partial charge in [0.15, 0.2) is 0 Å². The van der Waals surface area contributed by atoms with Crippen LogP contribution in [0.15, 0.2) is 60.7 Å². The van der Waals surface area contributed by atoms with Crippen molar-refractivity contribution in [3.05, 3.63) is 66.2 Å². The molecule has 4 N–H and O–H groups in total. The number of likely N-dealkylation sites (tertiary alicyclic amines) is 1. The van der Waals surface area contributed by atoms with Gasteiger partial charge in [-0.25, -0.2) is 0 Å². The Morgan fingerprint density at radius 3 is 2.62 bits per heavy atom. The third-order valence-corrected chi connectivity index (χ3v) is 7.24. The summed E-state index contributed by atoms with van der Waals surface area (Å²) >= 11 is 0. The van der Waals surface area contributed by atoms with E-state index in [2.05, 4.69) is 75.9 Å². The molecular formula is C30H34N4O3.